The summed E-state index contributed by atoms with van der Waals surface area (Å²) in [6.45, 7) is 4.33. The number of likely N-dealkylation sites (tertiary alicyclic amines) is 1. The van der Waals surface area contributed by atoms with Gasteiger partial charge in [0.15, 0.2) is 5.69 Å². The van der Waals surface area contributed by atoms with Gasteiger partial charge in [-0.25, -0.2) is 4.98 Å². The summed E-state index contributed by atoms with van der Waals surface area (Å²) >= 11 is 0. The first kappa shape index (κ1) is 12.8. The van der Waals surface area contributed by atoms with Crippen LogP contribution >= 0.6 is 0 Å². The van der Waals surface area contributed by atoms with E-state index >= 15 is 0 Å². The highest BCUT2D eigenvalue weighted by molar-refractivity contribution is 5.53. The number of hydrogen-bond donors (Lipinski definition) is 1. The van der Waals surface area contributed by atoms with E-state index < -0.39 is 0 Å². The third kappa shape index (κ3) is 3.71. The van der Waals surface area contributed by atoms with Crippen molar-refractivity contribution in [1.82, 2.24) is 9.88 Å². The number of nitrogens with zero attached hydrogens (tertiary/aromatic N) is 3. The summed E-state index contributed by atoms with van der Waals surface area (Å²) in [5, 5.41) is 12.2. The largest absolute Gasteiger partial charge is 0.381 e. The Labute approximate surface area is 109 Å². The normalized spacial score (nSPS) is 16.8. The van der Waals surface area contributed by atoms with E-state index in [0.717, 1.165) is 18.8 Å². The molecule has 0 spiro atoms. The van der Waals surface area contributed by atoms with Crippen LogP contribution in [0.4, 0.5) is 5.69 Å². The van der Waals surface area contributed by atoms with Gasteiger partial charge in [-0.2, -0.15) is 5.26 Å². The Bertz CT molecular complexity index is 403. The van der Waals surface area contributed by atoms with Crippen LogP contribution in [0.2, 0.25) is 0 Å². The van der Waals surface area contributed by atoms with Crippen LogP contribution < -0.4 is 5.32 Å². The molecule has 4 heteroatoms. The maximum absolute atomic E-state index is 8.94. The molecule has 0 amide bonds. The Morgan fingerprint density at radius 2 is 2.06 bits per heavy atom. The van der Waals surface area contributed by atoms with E-state index in [9.17, 15) is 0 Å². The van der Waals surface area contributed by atoms with Crippen LogP contribution in [0, 0.1) is 11.3 Å². The van der Waals surface area contributed by atoms with Gasteiger partial charge in [-0.3, -0.25) is 0 Å². The maximum atomic E-state index is 8.94. The molecule has 96 valence electrons. The molecule has 1 saturated heterocycles. The number of pyridine rings is 1. The fourth-order valence-electron chi connectivity index (χ4n) is 2.35. The number of anilines is 1. The Kier molecular flexibility index (Phi) is 4.98. The number of aromatic nitrogens is 1. The average Bonchev–Trinajstić information content (AvgIpc) is 2.68. The van der Waals surface area contributed by atoms with Gasteiger partial charge in [-0.05, 0) is 38.1 Å². The molecule has 1 aliphatic heterocycles. The van der Waals surface area contributed by atoms with E-state index in [1.165, 1.54) is 38.8 Å². The molecule has 0 aromatic carbocycles. The average molecular weight is 244 g/mol. The monoisotopic (exact) mass is 244 g/mol. The highest BCUT2D eigenvalue weighted by Crippen LogP contribution is 2.11. The zero-order chi connectivity index (χ0) is 12.6. The molecule has 4 nitrogen and oxygen atoms in total. The van der Waals surface area contributed by atoms with Crippen LogP contribution in [0.5, 0.6) is 0 Å². The zero-order valence-corrected chi connectivity index (χ0v) is 10.7. The third-order valence-electron chi connectivity index (χ3n) is 3.36. The van der Waals surface area contributed by atoms with Crippen molar-refractivity contribution < 1.29 is 0 Å². The molecule has 0 bridgehead atoms. The molecule has 0 aliphatic carbocycles. The van der Waals surface area contributed by atoms with Gasteiger partial charge in [-0.1, -0.05) is 12.8 Å². The van der Waals surface area contributed by atoms with Gasteiger partial charge < -0.3 is 10.2 Å². The van der Waals surface area contributed by atoms with E-state index in [2.05, 4.69) is 21.3 Å². The van der Waals surface area contributed by atoms with Crippen molar-refractivity contribution in [3.8, 4) is 6.07 Å². The van der Waals surface area contributed by atoms with Gasteiger partial charge in [0.05, 0.1) is 5.69 Å². The van der Waals surface area contributed by atoms with Crippen molar-refractivity contribution in [3.63, 3.8) is 0 Å². The summed E-state index contributed by atoms with van der Waals surface area (Å²) < 4.78 is 0. The first-order chi connectivity index (χ1) is 8.90. The lowest BCUT2D eigenvalue weighted by molar-refractivity contribution is 0.296. The van der Waals surface area contributed by atoms with E-state index in [-0.39, 0.29) is 0 Å². The van der Waals surface area contributed by atoms with Gasteiger partial charge >= 0.3 is 0 Å². The topological polar surface area (TPSA) is 52.0 Å². The molecule has 0 unspecified atom stereocenters. The second-order valence-electron chi connectivity index (χ2n) is 4.69. The van der Waals surface area contributed by atoms with Crippen LogP contribution in [0.1, 0.15) is 31.4 Å². The molecule has 1 N–H and O–H groups in total. The van der Waals surface area contributed by atoms with Crippen molar-refractivity contribution in [1.29, 1.82) is 5.26 Å². The molecule has 0 saturated carbocycles. The van der Waals surface area contributed by atoms with E-state index in [1.807, 2.05) is 12.1 Å². The summed E-state index contributed by atoms with van der Waals surface area (Å²) in [5.74, 6) is 0. The highest BCUT2D eigenvalue weighted by Gasteiger charge is 2.08. The summed E-state index contributed by atoms with van der Waals surface area (Å²) in [6, 6.07) is 5.87. The summed E-state index contributed by atoms with van der Waals surface area (Å²) in [4.78, 5) is 6.54. The van der Waals surface area contributed by atoms with E-state index in [0.29, 0.717) is 5.69 Å². The lowest BCUT2D eigenvalue weighted by Gasteiger charge is -2.20. The SMILES string of the molecule is N#Cc1ncccc1NCCN1CCCCCC1. The minimum atomic E-state index is 0.480. The lowest BCUT2D eigenvalue weighted by atomic mass is 10.2. The quantitative estimate of drug-likeness (QED) is 0.882. The van der Waals surface area contributed by atoms with E-state index in [1.54, 1.807) is 6.20 Å². The summed E-state index contributed by atoms with van der Waals surface area (Å²) in [5.41, 5.74) is 1.32. The van der Waals surface area contributed by atoms with Crippen molar-refractivity contribution in [2.24, 2.45) is 0 Å². The molecular formula is C14H20N4. The predicted molar refractivity (Wildman–Crippen MR) is 72.3 cm³/mol. The predicted octanol–water partition coefficient (Wildman–Crippen LogP) is 2.24. The molecule has 1 fully saturated rings. The van der Waals surface area contributed by atoms with Gasteiger partial charge in [0.25, 0.3) is 0 Å². The van der Waals surface area contributed by atoms with Gasteiger partial charge in [-0.15, -0.1) is 0 Å². The second kappa shape index (κ2) is 6.97. The Hall–Kier alpha value is -1.60. The molecule has 0 radical (unpaired) electrons. The summed E-state index contributed by atoms with van der Waals surface area (Å²) in [7, 11) is 0. The number of nitrogens with one attached hydrogen (secondary N) is 1. The zero-order valence-electron chi connectivity index (χ0n) is 10.7. The minimum Gasteiger partial charge on any atom is -0.381 e. The van der Waals surface area contributed by atoms with Crippen LogP contribution in [0.25, 0.3) is 0 Å². The molecule has 1 aliphatic rings. The minimum absolute atomic E-state index is 0.480. The molecule has 0 atom stereocenters. The molecule has 2 heterocycles. The van der Waals surface area contributed by atoms with Gasteiger partial charge in [0.2, 0.25) is 0 Å². The Balaban J connectivity index is 1.79. The Morgan fingerprint density at radius 3 is 2.78 bits per heavy atom. The number of rotatable bonds is 4. The third-order valence-corrected chi connectivity index (χ3v) is 3.36. The number of hydrogen-bond acceptors (Lipinski definition) is 4. The smallest absolute Gasteiger partial charge is 0.163 e. The molecular weight excluding hydrogens is 224 g/mol. The van der Waals surface area contributed by atoms with Crippen molar-refractivity contribution in [2.75, 3.05) is 31.5 Å². The molecule has 2 rings (SSSR count). The molecule has 1 aromatic rings. The van der Waals surface area contributed by atoms with Crippen LogP contribution in [0.15, 0.2) is 18.3 Å². The maximum Gasteiger partial charge on any atom is 0.163 e. The molecule has 18 heavy (non-hydrogen) atoms. The lowest BCUT2D eigenvalue weighted by Crippen LogP contribution is -2.30. The number of nitriles is 1. The second-order valence-corrected chi connectivity index (χ2v) is 4.69. The standard InChI is InChI=1S/C14H20N4/c15-12-14-13(6-5-7-16-14)17-8-11-18-9-3-1-2-4-10-18/h5-7,17H,1-4,8-11H2. The van der Waals surface area contributed by atoms with Crippen LogP contribution in [-0.4, -0.2) is 36.1 Å². The van der Waals surface area contributed by atoms with Crippen LogP contribution in [0.3, 0.4) is 0 Å². The first-order valence-corrected chi connectivity index (χ1v) is 6.71. The fraction of sp³-hybridized carbons (Fsp3) is 0.571. The fourth-order valence-corrected chi connectivity index (χ4v) is 2.35. The van der Waals surface area contributed by atoms with Crippen molar-refractivity contribution >= 4 is 5.69 Å². The van der Waals surface area contributed by atoms with Crippen molar-refractivity contribution in [3.05, 3.63) is 24.0 Å². The van der Waals surface area contributed by atoms with Gasteiger partial charge in [0.1, 0.15) is 6.07 Å². The van der Waals surface area contributed by atoms with Gasteiger partial charge in [0, 0.05) is 19.3 Å². The highest BCUT2D eigenvalue weighted by atomic mass is 15.1. The first-order valence-electron chi connectivity index (χ1n) is 6.71. The van der Waals surface area contributed by atoms with E-state index in [4.69, 9.17) is 5.26 Å². The molecule has 1 aromatic heterocycles. The Morgan fingerprint density at radius 1 is 1.28 bits per heavy atom. The van der Waals surface area contributed by atoms with Crippen molar-refractivity contribution in [2.45, 2.75) is 25.7 Å². The van der Waals surface area contributed by atoms with Crippen LogP contribution in [-0.2, 0) is 0 Å². The summed E-state index contributed by atoms with van der Waals surface area (Å²) in [6.07, 6.45) is 7.02.